The summed E-state index contributed by atoms with van der Waals surface area (Å²) in [5.74, 6) is 0.265. The lowest BCUT2D eigenvalue weighted by atomic mass is 9.77. The average Bonchev–Trinajstić information content (AvgIpc) is 2.37. The topological polar surface area (TPSA) is 55.6 Å². The van der Waals surface area contributed by atoms with Crippen LogP contribution >= 0.6 is 12.4 Å². The molecule has 19 heavy (non-hydrogen) atoms. The van der Waals surface area contributed by atoms with E-state index in [-0.39, 0.29) is 29.1 Å². The van der Waals surface area contributed by atoms with Crippen LogP contribution in [0.1, 0.15) is 39.5 Å². The Kier molecular flexibility index (Phi) is 5.65. The Labute approximate surface area is 122 Å². The zero-order valence-corrected chi connectivity index (χ0v) is 12.9. The molecule has 2 heterocycles. The highest BCUT2D eigenvalue weighted by atomic mass is 35.5. The zero-order chi connectivity index (χ0) is 13.2. The van der Waals surface area contributed by atoms with Crippen molar-refractivity contribution in [1.29, 1.82) is 0 Å². The molecule has 0 aromatic rings. The number of ether oxygens (including phenoxy) is 1. The highest BCUT2D eigenvalue weighted by Crippen LogP contribution is 2.35. The minimum Gasteiger partial charge on any atom is -0.381 e. The number of carbonyl (C=O) groups is 1. The van der Waals surface area contributed by atoms with Crippen LogP contribution in [0.2, 0.25) is 0 Å². The van der Waals surface area contributed by atoms with Gasteiger partial charge in [-0.15, -0.1) is 12.4 Å². The van der Waals surface area contributed by atoms with Crippen molar-refractivity contribution in [3.05, 3.63) is 0 Å². The molecule has 2 fully saturated rings. The quantitative estimate of drug-likeness (QED) is 0.844. The van der Waals surface area contributed by atoms with Crippen molar-refractivity contribution in [3.63, 3.8) is 0 Å². The molecule has 2 N–H and O–H groups in total. The van der Waals surface area contributed by atoms with Crippen LogP contribution in [-0.4, -0.2) is 43.7 Å². The van der Waals surface area contributed by atoms with Gasteiger partial charge in [-0.25, -0.2) is 0 Å². The normalized spacial score (nSPS) is 25.5. The molecular formula is C14H27ClN2O2. The molecule has 112 valence electrons. The van der Waals surface area contributed by atoms with Crippen molar-refractivity contribution in [2.75, 3.05) is 32.8 Å². The summed E-state index contributed by atoms with van der Waals surface area (Å²) < 4.78 is 5.38. The molecule has 4 nitrogen and oxygen atoms in total. The van der Waals surface area contributed by atoms with Crippen LogP contribution in [0.25, 0.3) is 0 Å². The molecular weight excluding hydrogens is 264 g/mol. The Balaban J connectivity index is 0.00000180. The van der Waals surface area contributed by atoms with E-state index in [9.17, 15) is 4.79 Å². The van der Waals surface area contributed by atoms with Gasteiger partial charge < -0.3 is 15.4 Å². The maximum absolute atomic E-state index is 12.8. The Hall–Kier alpha value is -0.320. The van der Waals surface area contributed by atoms with Gasteiger partial charge in [0, 0.05) is 32.8 Å². The monoisotopic (exact) mass is 290 g/mol. The number of halogens is 1. The van der Waals surface area contributed by atoms with Gasteiger partial charge in [0.1, 0.15) is 0 Å². The fourth-order valence-corrected chi connectivity index (χ4v) is 3.20. The molecule has 0 bridgehead atoms. The molecule has 0 saturated carbocycles. The summed E-state index contributed by atoms with van der Waals surface area (Å²) >= 11 is 0. The summed E-state index contributed by atoms with van der Waals surface area (Å²) in [6, 6.07) is 0. The van der Waals surface area contributed by atoms with Gasteiger partial charge in [0.25, 0.3) is 0 Å². The molecule has 1 amide bonds. The molecule has 2 aliphatic heterocycles. The van der Waals surface area contributed by atoms with Crippen LogP contribution < -0.4 is 5.73 Å². The van der Waals surface area contributed by atoms with Gasteiger partial charge in [-0.3, -0.25) is 4.79 Å². The standard InChI is InChI=1S/C14H26N2O2.ClH/c1-13(2)4-3-7-16(11-13)12(17)14(10-15)5-8-18-9-6-14;/h3-11,15H2,1-2H3;1H. The van der Waals surface area contributed by atoms with Gasteiger partial charge >= 0.3 is 0 Å². The SMILES string of the molecule is CC1(C)CCCN(C(=O)C2(CN)CCOCC2)C1.Cl. The van der Waals surface area contributed by atoms with E-state index in [0.29, 0.717) is 19.8 Å². The third-order valence-electron chi connectivity index (χ3n) is 4.48. The summed E-state index contributed by atoms with van der Waals surface area (Å²) in [6.07, 6.45) is 3.87. The van der Waals surface area contributed by atoms with Crippen LogP contribution in [0.3, 0.4) is 0 Å². The number of piperidine rings is 1. The van der Waals surface area contributed by atoms with Gasteiger partial charge in [-0.1, -0.05) is 13.8 Å². The van der Waals surface area contributed by atoms with Crippen LogP contribution in [-0.2, 0) is 9.53 Å². The van der Waals surface area contributed by atoms with Gasteiger partial charge in [0.15, 0.2) is 0 Å². The minimum atomic E-state index is -0.355. The lowest BCUT2D eigenvalue weighted by Crippen LogP contribution is -2.54. The van der Waals surface area contributed by atoms with Crippen LogP contribution in [0.15, 0.2) is 0 Å². The highest BCUT2D eigenvalue weighted by molar-refractivity contribution is 5.85. The number of carbonyl (C=O) groups excluding carboxylic acids is 1. The first-order chi connectivity index (χ1) is 8.49. The second-order valence-electron chi connectivity index (χ2n) is 6.59. The van der Waals surface area contributed by atoms with Crippen molar-refractivity contribution in [2.24, 2.45) is 16.6 Å². The Bertz CT molecular complexity index is 315. The summed E-state index contributed by atoms with van der Waals surface area (Å²) in [6.45, 7) is 8.03. The maximum atomic E-state index is 12.8. The summed E-state index contributed by atoms with van der Waals surface area (Å²) in [4.78, 5) is 14.8. The minimum absolute atomic E-state index is 0. The van der Waals surface area contributed by atoms with Crippen molar-refractivity contribution in [1.82, 2.24) is 4.90 Å². The fourth-order valence-electron chi connectivity index (χ4n) is 3.20. The van der Waals surface area contributed by atoms with Crippen LogP contribution in [0, 0.1) is 10.8 Å². The number of hydrogen-bond acceptors (Lipinski definition) is 3. The highest BCUT2D eigenvalue weighted by Gasteiger charge is 2.43. The largest absolute Gasteiger partial charge is 0.381 e. The molecule has 5 heteroatoms. The Morgan fingerprint density at radius 2 is 1.89 bits per heavy atom. The van der Waals surface area contributed by atoms with E-state index in [2.05, 4.69) is 13.8 Å². The second-order valence-corrected chi connectivity index (χ2v) is 6.59. The first-order valence-electron chi connectivity index (χ1n) is 7.06. The summed E-state index contributed by atoms with van der Waals surface area (Å²) in [5.41, 5.74) is 5.80. The molecule has 0 spiro atoms. The van der Waals surface area contributed by atoms with Gasteiger partial charge in [-0.05, 0) is 31.1 Å². The van der Waals surface area contributed by atoms with Crippen molar-refractivity contribution in [3.8, 4) is 0 Å². The van der Waals surface area contributed by atoms with E-state index >= 15 is 0 Å². The molecule has 0 aromatic heterocycles. The number of hydrogen-bond donors (Lipinski definition) is 1. The van der Waals surface area contributed by atoms with Gasteiger partial charge in [0.2, 0.25) is 5.91 Å². The molecule has 0 unspecified atom stereocenters. The fraction of sp³-hybridized carbons (Fsp3) is 0.929. The number of amides is 1. The smallest absolute Gasteiger partial charge is 0.230 e. The first kappa shape index (κ1) is 16.7. The molecule has 0 aromatic carbocycles. The predicted molar refractivity (Wildman–Crippen MR) is 78.4 cm³/mol. The molecule has 2 rings (SSSR count). The lowest BCUT2D eigenvalue weighted by Gasteiger charge is -2.44. The Morgan fingerprint density at radius 3 is 2.42 bits per heavy atom. The van der Waals surface area contributed by atoms with Crippen molar-refractivity contribution >= 4 is 18.3 Å². The third kappa shape index (κ3) is 3.61. The van der Waals surface area contributed by atoms with Crippen molar-refractivity contribution < 1.29 is 9.53 Å². The molecule has 0 aliphatic carbocycles. The van der Waals surface area contributed by atoms with Gasteiger partial charge in [0.05, 0.1) is 5.41 Å². The summed E-state index contributed by atoms with van der Waals surface area (Å²) in [7, 11) is 0. The van der Waals surface area contributed by atoms with E-state index < -0.39 is 0 Å². The van der Waals surface area contributed by atoms with Gasteiger partial charge in [-0.2, -0.15) is 0 Å². The molecule has 0 atom stereocenters. The van der Waals surface area contributed by atoms with E-state index in [1.54, 1.807) is 0 Å². The van der Waals surface area contributed by atoms with Crippen LogP contribution in [0.5, 0.6) is 0 Å². The third-order valence-corrected chi connectivity index (χ3v) is 4.48. The second kappa shape index (κ2) is 6.42. The predicted octanol–water partition coefficient (Wildman–Crippen LogP) is 1.81. The zero-order valence-electron chi connectivity index (χ0n) is 12.1. The lowest BCUT2D eigenvalue weighted by molar-refractivity contribution is -0.150. The Morgan fingerprint density at radius 1 is 1.26 bits per heavy atom. The average molecular weight is 291 g/mol. The summed E-state index contributed by atoms with van der Waals surface area (Å²) in [5, 5.41) is 0. The van der Waals surface area contributed by atoms with Crippen molar-refractivity contribution in [2.45, 2.75) is 39.5 Å². The first-order valence-corrected chi connectivity index (χ1v) is 7.06. The molecule has 0 radical (unpaired) electrons. The molecule has 2 saturated heterocycles. The van der Waals surface area contributed by atoms with Crippen LogP contribution in [0.4, 0.5) is 0 Å². The van der Waals surface area contributed by atoms with E-state index in [1.807, 2.05) is 4.90 Å². The molecule has 2 aliphatic rings. The van der Waals surface area contributed by atoms with E-state index in [1.165, 1.54) is 6.42 Å². The number of nitrogens with two attached hydrogens (primary N) is 1. The number of nitrogens with zero attached hydrogens (tertiary/aromatic N) is 1. The number of rotatable bonds is 2. The van der Waals surface area contributed by atoms with E-state index in [0.717, 1.165) is 32.4 Å². The van der Waals surface area contributed by atoms with E-state index in [4.69, 9.17) is 10.5 Å². The number of likely N-dealkylation sites (tertiary alicyclic amines) is 1. The maximum Gasteiger partial charge on any atom is 0.230 e.